The largest absolute Gasteiger partial charge is 0.453 e. The number of hydrogen-bond donors (Lipinski definition) is 5. The van der Waals surface area contributed by atoms with Crippen LogP contribution in [0.5, 0.6) is 0 Å². The highest BCUT2D eigenvalue weighted by Gasteiger charge is 2.56. The second kappa shape index (κ2) is 13.3. The topological polar surface area (TPSA) is 155 Å². The SMILES string of the molecule is COC(=O)NCCC(=O)P[C@@]12CC1CC=C(c1ccc3c(c1)Cc1cc(-c4cnc(PC(O)CCNC(=O)OC)[nH]4)ccc1-3)N2. The number of fused-ring (bicyclic) bond motifs is 4. The van der Waals surface area contributed by atoms with E-state index < -0.39 is 18.0 Å². The van der Waals surface area contributed by atoms with Crippen molar-refractivity contribution in [3.8, 4) is 22.4 Å². The number of hydrogen-bond acceptors (Lipinski definition) is 8. The lowest BCUT2D eigenvalue weighted by molar-refractivity contribution is -0.111. The molecule has 0 saturated heterocycles. The third-order valence-electron chi connectivity index (χ3n) is 8.49. The highest BCUT2D eigenvalue weighted by molar-refractivity contribution is 7.59. The predicted octanol–water partition coefficient (Wildman–Crippen LogP) is 4.02. The summed E-state index contributed by atoms with van der Waals surface area (Å²) in [6.07, 6.45) is 6.51. The minimum atomic E-state index is -0.615. The smallest absolute Gasteiger partial charge is 0.406 e. The number of rotatable bonds is 12. The zero-order valence-corrected chi connectivity index (χ0v) is 27.2. The molecule has 1 aliphatic heterocycles. The van der Waals surface area contributed by atoms with Gasteiger partial charge < -0.3 is 35.5 Å². The van der Waals surface area contributed by atoms with Gasteiger partial charge in [0.1, 0.15) is 5.57 Å². The Bertz CT molecular complexity index is 1660. The summed E-state index contributed by atoms with van der Waals surface area (Å²) in [5, 5.41) is 19.1. The van der Waals surface area contributed by atoms with Crippen LogP contribution < -0.4 is 21.5 Å². The number of imidazole rings is 1. The Kier molecular flexibility index (Phi) is 9.22. The quantitative estimate of drug-likeness (QED) is 0.144. The first-order valence-electron chi connectivity index (χ1n) is 15.0. The summed E-state index contributed by atoms with van der Waals surface area (Å²) in [7, 11) is 2.85. The molecule has 0 spiro atoms. The van der Waals surface area contributed by atoms with Gasteiger partial charge in [0, 0.05) is 25.2 Å². The number of nitrogens with zero attached hydrogens (tertiary/aromatic N) is 1. The van der Waals surface area contributed by atoms with E-state index in [2.05, 4.69) is 77.9 Å². The summed E-state index contributed by atoms with van der Waals surface area (Å²) >= 11 is 0. The van der Waals surface area contributed by atoms with Crippen LogP contribution in [0.15, 0.2) is 48.7 Å². The fraction of sp³-hybridized carbons (Fsp3) is 0.375. The molecular weight excluding hydrogens is 612 g/mol. The number of carbonyl (C=O) groups excluding carboxylic acids is 3. The molecule has 4 unspecified atom stereocenters. The Morgan fingerprint density at radius 1 is 1.04 bits per heavy atom. The molecule has 0 radical (unpaired) electrons. The molecule has 3 aliphatic rings. The van der Waals surface area contributed by atoms with Crippen molar-refractivity contribution in [3.05, 3.63) is 65.4 Å². The van der Waals surface area contributed by atoms with Gasteiger partial charge in [-0.05, 0) is 94.3 Å². The van der Waals surface area contributed by atoms with Crippen LogP contribution in [0, 0.1) is 5.92 Å². The van der Waals surface area contributed by atoms with Crippen molar-refractivity contribution >= 4 is 46.1 Å². The number of nitrogens with one attached hydrogen (secondary N) is 4. The number of H-pyrrole nitrogens is 1. The Labute approximate surface area is 264 Å². The number of alkyl carbamates (subject to hydrolysis) is 2. The first-order chi connectivity index (χ1) is 21.8. The number of aliphatic hydroxyl groups excluding tert-OH is 1. The normalized spacial score (nSPS) is 20.2. The van der Waals surface area contributed by atoms with Gasteiger partial charge in [-0.3, -0.25) is 4.79 Å². The van der Waals surface area contributed by atoms with Crippen LogP contribution in [-0.2, 0) is 20.7 Å². The maximum Gasteiger partial charge on any atom is 0.406 e. The van der Waals surface area contributed by atoms with Gasteiger partial charge in [-0.15, -0.1) is 0 Å². The van der Waals surface area contributed by atoms with Crippen LogP contribution in [-0.4, -0.2) is 71.2 Å². The molecule has 0 bridgehead atoms. The first-order valence-corrected chi connectivity index (χ1v) is 17.0. The van der Waals surface area contributed by atoms with Gasteiger partial charge in [-0.2, -0.15) is 0 Å². The maximum absolute atomic E-state index is 12.7. The van der Waals surface area contributed by atoms with E-state index in [0.29, 0.717) is 30.9 Å². The van der Waals surface area contributed by atoms with Gasteiger partial charge in [0.05, 0.1) is 37.2 Å². The zero-order chi connectivity index (χ0) is 31.6. The van der Waals surface area contributed by atoms with Crippen molar-refractivity contribution in [3.63, 3.8) is 0 Å². The fourth-order valence-corrected chi connectivity index (χ4v) is 8.62. The molecule has 5 N–H and O–H groups in total. The van der Waals surface area contributed by atoms with Gasteiger partial charge in [0.15, 0.2) is 5.52 Å². The molecule has 11 nitrogen and oxygen atoms in total. The van der Waals surface area contributed by atoms with Crippen LogP contribution in [0.4, 0.5) is 9.59 Å². The second-order valence-electron chi connectivity index (χ2n) is 11.5. The van der Waals surface area contributed by atoms with Gasteiger partial charge in [-0.25, -0.2) is 14.6 Å². The minimum absolute atomic E-state index is 0.0727. The van der Waals surface area contributed by atoms with Crippen molar-refractivity contribution in [2.75, 3.05) is 27.3 Å². The molecule has 2 heterocycles. The average Bonchev–Trinajstić information content (AvgIpc) is 3.34. The zero-order valence-electron chi connectivity index (χ0n) is 25.2. The number of aromatic amines is 1. The lowest BCUT2D eigenvalue weighted by Crippen LogP contribution is -2.32. The molecule has 1 fully saturated rings. The van der Waals surface area contributed by atoms with E-state index in [0.717, 1.165) is 41.8 Å². The second-order valence-corrected chi connectivity index (χ2v) is 14.6. The van der Waals surface area contributed by atoms with Crippen LogP contribution >= 0.6 is 17.2 Å². The number of aromatic nitrogens is 2. The predicted molar refractivity (Wildman–Crippen MR) is 176 cm³/mol. The summed E-state index contributed by atoms with van der Waals surface area (Å²) in [6.45, 7) is 0.617. The Morgan fingerprint density at radius 3 is 2.47 bits per heavy atom. The van der Waals surface area contributed by atoms with Crippen LogP contribution in [0.3, 0.4) is 0 Å². The molecule has 1 aromatic heterocycles. The summed E-state index contributed by atoms with van der Waals surface area (Å²) in [5.74, 6) is -0.139. The number of ether oxygens (including phenoxy) is 2. The molecule has 1 saturated carbocycles. The number of allylic oxidation sites excluding steroid dienone is 1. The van der Waals surface area contributed by atoms with Crippen molar-refractivity contribution in [2.24, 2.45) is 5.92 Å². The lowest BCUT2D eigenvalue weighted by Gasteiger charge is -2.26. The Balaban J connectivity index is 1.07. The molecule has 45 heavy (non-hydrogen) atoms. The third-order valence-corrected chi connectivity index (χ3v) is 11.4. The summed E-state index contributed by atoms with van der Waals surface area (Å²) < 4.78 is 9.13. The fourth-order valence-electron chi connectivity index (χ4n) is 6.05. The van der Waals surface area contributed by atoms with Gasteiger partial charge in [0.2, 0.25) is 0 Å². The summed E-state index contributed by atoms with van der Waals surface area (Å²) in [5.41, 5.74) is 10.0. The number of carbonyl (C=O) groups is 3. The summed E-state index contributed by atoms with van der Waals surface area (Å²) in [6, 6.07) is 13.1. The number of aliphatic hydroxyl groups is 1. The van der Waals surface area contributed by atoms with Crippen LogP contribution in [0.25, 0.3) is 28.1 Å². The lowest BCUT2D eigenvalue weighted by atomic mass is 10.00. The van der Waals surface area contributed by atoms with Crippen LogP contribution in [0.1, 0.15) is 42.4 Å². The highest BCUT2D eigenvalue weighted by Crippen LogP contribution is 2.61. The number of amides is 2. The molecule has 2 aromatic carbocycles. The third kappa shape index (κ3) is 7.06. The van der Waals surface area contributed by atoms with Crippen molar-refractivity contribution in [1.82, 2.24) is 25.9 Å². The number of methoxy groups -OCH3 is 2. The monoisotopic (exact) mass is 649 g/mol. The Hall–Kier alpha value is -3.78. The molecule has 3 aromatic rings. The molecule has 5 atom stereocenters. The summed E-state index contributed by atoms with van der Waals surface area (Å²) in [4.78, 5) is 43.0. The van der Waals surface area contributed by atoms with E-state index >= 15 is 0 Å². The van der Waals surface area contributed by atoms with E-state index in [-0.39, 0.29) is 34.5 Å². The standard InChI is InChI=1S/C32H37N5O6P2/c1-42-30(40)33-11-9-27(38)44-29-35-17-26(36-29)19-4-7-24-21(14-19)15-20-13-18(3-6-23(20)24)25-8-5-22-16-32(22,37-25)45-28(39)10-12-34-31(41)43-2/h3-4,6-8,13-14,17,22,27,37-38,44-45H,5,9-12,15-16H2,1-2H3,(H,33,40)(H,34,41)(H,35,36)/t22?,27?,32-/m0/s1. The van der Waals surface area contributed by atoms with E-state index in [1.807, 2.05) is 0 Å². The molecule has 13 heteroatoms. The molecule has 2 amide bonds. The number of benzene rings is 2. The van der Waals surface area contributed by atoms with Crippen molar-refractivity contribution < 1.29 is 29.0 Å². The van der Waals surface area contributed by atoms with E-state index in [4.69, 9.17) is 0 Å². The minimum Gasteiger partial charge on any atom is -0.453 e. The molecule has 236 valence electrons. The van der Waals surface area contributed by atoms with E-state index in [1.54, 1.807) is 6.20 Å². The average molecular weight is 650 g/mol. The maximum atomic E-state index is 12.7. The molecule has 6 rings (SSSR count). The highest BCUT2D eigenvalue weighted by atomic mass is 31.1. The van der Waals surface area contributed by atoms with E-state index in [9.17, 15) is 19.5 Å². The van der Waals surface area contributed by atoms with E-state index in [1.165, 1.54) is 36.5 Å². The van der Waals surface area contributed by atoms with Gasteiger partial charge in [0.25, 0.3) is 0 Å². The molecular formula is C32H37N5O6P2. The van der Waals surface area contributed by atoms with Gasteiger partial charge in [-0.1, -0.05) is 30.3 Å². The van der Waals surface area contributed by atoms with Crippen molar-refractivity contribution in [1.29, 1.82) is 0 Å². The molecule has 2 aliphatic carbocycles. The van der Waals surface area contributed by atoms with Gasteiger partial charge >= 0.3 is 12.2 Å². The van der Waals surface area contributed by atoms with Crippen LogP contribution in [0.2, 0.25) is 0 Å². The van der Waals surface area contributed by atoms with Crippen molar-refractivity contribution in [2.45, 2.75) is 43.2 Å². The first kappa shape index (κ1) is 31.2. The Morgan fingerprint density at radius 2 is 1.73 bits per heavy atom.